The van der Waals surface area contributed by atoms with E-state index in [4.69, 9.17) is 23.2 Å². The van der Waals surface area contributed by atoms with E-state index in [1.165, 1.54) is 0 Å². The number of halogens is 2. The van der Waals surface area contributed by atoms with Crippen LogP contribution in [0.4, 0.5) is 5.69 Å². The molecule has 2 aromatic rings. The van der Waals surface area contributed by atoms with Gasteiger partial charge < -0.3 is 15.5 Å². The van der Waals surface area contributed by atoms with E-state index in [9.17, 15) is 10.2 Å². The number of fused-ring (bicyclic) bond motifs is 1. The summed E-state index contributed by atoms with van der Waals surface area (Å²) in [5, 5.41) is 23.0. The van der Waals surface area contributed by atoms with E-state index < -0.39 is 6.23 Å². The van der Waals surface area contributed by atoms with Gasteiger partial charge >= 0.3 is 0 Å². The van der Waals surface area contributed by atoms with Crippen LogP contribution in [0.5, 0.6) is 5.75 Å². The molecular weight excluding hydrogens is 297 g/mol. The Morgan fingerprint density at radius 1 is 1.10 bits per heavy atom. The Balaban J connectivity index is 2.13. The maximum Gasteiger partial charge on any atom is 0.144 e. The van der Waals surface area contributed by atoms with Gasteiger partial charge in [0, 0.05) is 16.8 Å². The highest BCUT2D eigenvalue weighted by Gasteiger charge is 2.16. The second-order valence-corrected chi connectivity index (χ2v) is 5.29. The minimum Gasteiger partial charge on any atom is -0.506 e. The molecule has 1 aliphatic heterocycles. The van der Waals surface area contributed by atoms with E-state index in [-0.39, 0.29) is 5.75 Å². The third kappa shape index (κ3) is 2.24. The summed E-state index contributed by atoms with van der Waals surface area (Å²) in [5.41, 5.74) is 3.15. The predicted octanol–water partition coefficient (Wildman–Crippen LogP) is 4.12. The molecule has 0 spiro atoms. The average Bonchev–Trinajstić information content (AvgIpc) is 2.42. The largest absolute Gasteiger partial charge is 0.506 e. The van der Waals surface area contributed by atoms with Crippen LogP contribution in [0.2, 0.25) is 10.0 Å². The summed E-state index contributed by atoms with van der Waals surface area (Å²) in [6, 6.07) is 8.67. The monoisotopic (exact) mass is 307 g/mol. The van der Waals surface area contributed by atoms with Crippen LogP contribution in [-0.2, 0) is 0 Å². The Hall–Kier alpha value is -1.68. The van der Waals surface area contributed by atoms with E-state index >= 15 is 0 Å². The van der Waals surface area contributed by atoms with Gasteiger partial charge in [0.15, 0.2) is 0 Å². The molecule has 0 radical (unpaired) electrons. The second-order valence-electron chi connectivity index (χ2n) is 4.50. The molecule has 0 aromatic heterocycles. The quantitative estimate of drug-likeness (QED) is 0.742. The van der Waals surface area contributed by atoms with Gasteiger partial charge in [0.2, 0.25) is 0 Å². The van der Waals surface area contributed by atoms with Crippen LogP contribution in [0, 0.1) is 0 Å². The molecule has 1 unspecified atom stereocenters. The number of aliphatic hydroxyl groups excluding tert-OH is 1. The van der Waals surface area contributed by atoms with E-state index in [1.54, 1.807) is 30.4 Å². The number of rotatable bonds is 1. The number of aromatic hydroxyl groups is 1. The Morgan fingerprint density at radius 3 is 2.65 bits per heavy atom. The van der Waals surface area contributed by atoms with Crippen molar-refractivity contribution in [3.05, 3.63) is 52.0 Å². The van der Waals surface area contributed by atoms with Crippen molar-refractivity contribution in [1.82, 2.24) is 0 Å². The molecule has 0 fully saturated rings. The van der Waals surface area contributed by atoms with Crippen molar-refractivity contribution >= 4 is 35.0 Å². The first-order chi connectivity index (χ1) is 9.56. The van der Waals surface area contributed by atoms with Gasteiger partial charge in [-0.3, -0.25) is 0 Å². The van der Waals surface area contributed by atoms with Crippen molar-refractivity contribution in [3.8, 4) is 16.9 Å². The average molecular weight is 308 g/mol. The third-order valence-electron chi connectivity index (χ3n) is 3.19. The highest BCUT2D eigenvalue weighted by Crippen LogP contribution is 2.39. The molecule has 1 heterocycles. The Labute approximate surface area is 126 Å². The first kappa shape index (κ1) is 13.3. The summed E-state index contributed by atoms with van der Waals surface area (Å²) in [6.45, 7) is 0. The summed E-state index contributed by atoms with van der Waals surface area (Å²) in [4.78, 5) is 0. The highest BCUT2D eigenvalue weighted by molar-refractivity contribution is 6.35. The van der Waals surface area contributed by atoms with E-state index in [2.05, 4.69) is 5.32 Å². The molecule has 3 rings (SSSR count). The Morgan fingerprint density at radius 2 is 1.90 bits per heavy atom. The number of phenolic OH excluding ortho intramolecular Hbond substituents is 1. The van der Waals surface area contributed by atoms with Crippen LogP contribution >= 0.6 is 23.2 Å². The number of phenols is 1. The minimum atomic E-state index is -0.705. The van der Waals surface area contributed by atoms with E-state index in [0.717, 1.165) is 22.4 Å². The van der Waals surface area contributed by atoms with Crippen LogP contribution < -0.4 is 5.32 Å². The summed E-state index contributed by atoms with van der Waals surface area (Å²) < 4.78 is 0. The zero-order chi connectivity index (χ0) is 14.3. The highest BCUT2D eigenvalue weighted by atomic mass is 35.5. The maximum atomic E-state index is 9.69. The first-order valence-corrected chi connectivity index (χ1v) is 6.76. The summed E-state index contributed by atoms with van der Waals surface area (Å²) in [7, 11) is 0. The van der Waals surface area contributed by atoms with E-state index in [1.807, 2.05) is 12.1 Å². The minimum absolute atomic E-state index is 0.0158. The van der Waals surface area contributed by atoms with Gasteiger partial charge in [0.25, 0.3) is 0 Å². The fourth-order valence-corrected chi connectivity index (χ4v) is 2.63. The zero-order valence-corrected chi connectivity index (χ0v) is 11.8. The van der Waals surface area contributed by atoms with Crippen molar-refractivity contribution in [2.45, 2.75) is 6.23 Å². The summed E-state index contributed by atoms with van der Waals surface area (Å²) >= 11 is 12.2. The first-order valence-electron chi connectivity index (χ1n) is 6.00. The molecule has 0 aliphatic carbocycles. The fraction of sp³-hybridized carbons (Fsp3) is 0.0667. The van der Waals surface area contributed by atoms with Crippen molar-refractivity contribution in [3.63, 3.8) is 0 Å². The standard InChI is InChI=1S/C15H11Cl2NO2/c16-11-4-1-8(7-13(11)19)9-2-5-12-10(15(9)17)3-6-14(20)18-12/h1-7,14,18-20H. The molecule has 0 saturated carbocycles. The summed E-state index contributed by atoms with van der Waals surface area (Å²) in [5.74, 6) is 0.0158. The topological polar surface area (TPSA) is 52.5 Å². The van der Waals surface area contributed by atoms with Gasteiger partial charge in [-0.1, -0.05) is 41.4 Å². The van der Waals surface area contributed by atoms with Gasteiger partial charge in [-0.25, -0.2) is 0 Å². The van der Waals surface area contributed by atoms with Gasteiger partial charge in [-0.15, -0.1) is 0 Å². The fourth-order valence-electron chi connectivity index (χ4n) is 2.18. The predicted molar refractivity (Wildman–Crippen MR) is 82.2 cm³/mol. The smallest absolute Gasteiger partial charge is 0.144 e. The molecule has 3 N–H and O–H groups in total. The molecule has 1 atom stereocenters. The molecule has 0 amide bonds. The molecular formula is C15H11Cl2NO2. The summed E-state index contributed by atoms with van der Waals surface area (Å²) in [6.07, 6.45) is 2.69. The van der Waals surface area contributed by atoms with Crippen molar-refractivity contribution in [2.24, 2.45) is 0 Å². The zero-order valence-electron chi connectivity index (χ0n) is 10.3. The lowest BCUT2D eigenvalue weighted by molar-refractivity contribution is 0.252. The van der Waals surface area contributed by atoms with Crippen molar-refractivity contribution in [2.75, 3.05) is 5.32 Å². The van der Waals surface area contributed by atoms with Crippen molar-refractivity contribution in [1.29, 1.82) is 0 Å². The molecule has 3 nitrogen and oxygen atoms in total. The van der Waals surface area contributed by atoms with Crippen LogP contribution in [0.1, 0.15) is 5.56 Å². The molecule has 20 heavy (non-hydrogen) atoms. The lowest BCUT2D eigenvalue weighted by Crippen LogP contribution is -2.18. The molecule has 1 aliphatic rings. The lowest BCUT2D eigenvalue weighted by Gasteiger charge is -2.20. The lowest BCUT2D eigenvalue weighted by atomic mass is 9.99. The molecule has 0 saturated heterocycles. The number of aliphatic hydroxyl groups is 1. The van der Waals surface area contributed by atoms with Gasteiger partial charge in [0.1, 0.15) is 12.0 Å². The number of hydrogen-bond donors (Lipinski definition) is 3. The molecule has 2 aromatic carbocycles. The third-order valence-corrected chi connectivity index (χ3v) is 3.91. The second kappa shape index (κ2) is 5.02. The van der Waals surface area contributed by atoms with Crippen molar-refractivity contribution < 1.29 is 10.2 Å². The SMILES string of the molecule is Oc1cc(-c2ccc3c(c2Cl)C=CC(O)N3)ccc1Cl. The normalized spacial score (nSPS) is 16.6. The Bertz CT molecular complexity index is 713. The van der Waals surface area contributed by atoms with E-state index in [0.29, 0.717) is 10.0 Å². The Kier molecular flexibility index (Phi) is 3.34. The van der Waals surface area contributed by atoms with Crippen LogP contribution in [0.25, 0.3) is 17.2 Å². The molecule has 5 heteroatoms. The molecule has 0 bridgehead atoms. The molecule has 102 valence electrons. The van der Waals surface area contributed by atoms with Crippen LogP contribution in [0.15, 0.2) is 36.4 Å². The van der Waals surface area contributed by atoms with Crippen LogP contribution in [-0.4, -0.2) is 16.4 Å². The number of benzene rings is 2. The van der Waals surface area contributed by atoms with Crippen LogP contribution in [0.3, 0.4) is 0 Å². The van der Waals surface area contributed by atoms with Gasteiger partial charge in [0.05, 0.1) is 10.0 Å². The number of anilines is 1. The number of nitrogens with one attached hydrogen (secondary N) is 1. The maximum absolute atomic E-state index is 9.69. The number of hydrogen-bond acceptors (Lipinski definition) is 3. The van der Waals surface area contributed by atoms with Gasteiger partial charge in [-0.05, 0) is 29.8 Å². The van der Waals surface area contributed by atoms with Gasteiger partial charge in [-0.2, -0.15) is 0 Å².